The molecular weight excluding hydrogens is 428 g/mol. The number of ether oxygens (including phenoxy) is 1. The van der Waals surface area contributed by atoms with Crippen LogP contribution in [-0.4, -0.2) is 52.6 Å². The molecule has 1 heterocycles. The fraction of sp³-hybridized carbons (Fsp3) is 0.263. The number of nitrogens with zero attached hydrogens (tertiary/aromatic N) is 3. The van der Waals surface area contributed by atoms with Gasteiger partial charge >= 0.3 is 0 Å². The molecule has 3 rings (SSSR count). The Kier molecular flexibility index (Phi) is 7.34. The molecule has 152 valence electrons. The van der Waals surface area contributed by atoms with Crippen LogP contribution in [-0.2, 0) is 16.1 Å². The number of fused-ring (bicyclic) bond motifs is 1. The van der Waals surface area contributed by atoms with E-state index in [0.717, 1.165) is 22.1 Å². The Morgan fingerprint density at radius 1 is 1.07 bits per heavy atom. The summed E-state index contributed by atoms with van der Waals surface area (Å²) in [4.78, 5) is 25.0. The van der Waals surface area contributed by atoms with E-state index in [0.29, 0.717) is 15.2 Å². The second-order valence-corrected chi connectivity index (χ2v) is 9.60. The molecule has 0 fully saturated rings. The first kappa shape index (κ1) is 21.4. The van der Waals surface area contributed by atoms with E-state index in [2.05, 4.69) is 16.3 Å². The molecule has 2 N–H and O–H groups in total. The first-order valence-electron chi connectivity index (χ1n) is 8.62. The van der Waals surface area contributed by atoms with Crippen molar-refractivity contribution in [2.24, 2.45) is 5.73 Å². The number of hydrogen-bond acceptors (Lipinski definition) is 8. The lowest BCUT2D eigenvalue weighted by Gasteiger charge is -2.17. The van der Waals surface area contributed by atoms with Crippen molar-refractivity contribution in [1.82, 2.24) is 15.1 Å². The topological polar surface area (TPSA) is 98.4 Å². The normalized spacial score (nSPS) is 10.8. The average molecular weight is 449 g/mol. The van der Waals surface area contributed by atoms with Crippen molar-refractivity contribution in [3.05, 3.63) is 42.0 Å². The van der Waals surface area contributed by atoms with Crippen molar-refractivity contribution in [1.29, 1.82) is 0 Å². The average Bonchev–Trinajstić information content (AvgIpc) is 3.18. The lowest BCUT2D eigenvalue weighted by atomic mass is 10.1. The van der Waals surface area contributed by atoms with Gasteiger partial charge in [0, 0.05) is 13.6 Å². The molecule has 0 aliphatic rings. The maximum absolute atomic E-state index is 12.5. The van der Waals surface area contributed by atoms with Gasteiger partial charge in [-0.1, -0.05) is 53.1 Å². The third-order valence-corrected chi connectivity index (χ3v) is 7.20. The minimum Gasteiger partial charge on any atom is -0.497 e. The molecule has 0 spiro atoms. The van der Waals surface area contributed by atoms with Gasteiger partial charge in [0.2, 0.25) is 11.8 Å². The Bertz CT molecular complexity index is 1020. The molecule has 0 saturated carbocycles. The van der Waals surface area contributed by atoms with E-state index in [1.807, 2.05) is 30.3 Å². The third-order valence-electron chi connectivity index (χ3n) is 4.00. The summed E-state index contributed by atoms with van der Waals surface area (Å²) in [5.41, 5.74) is 6.18. The molecule has 29 heavy (non-hydrogen) atoms. The molecule has 3 aromatic rings. The summed E-state index contributed by atoms with van der Waals surface area (Å²) in [5, 5.41) is 10.2. The van der Waals surface area contributed by atoms with Crippen LogP contribution in [0, 0.1) is 0 Å². The molecule has 2 aromatic carbocycles. The van der Waals surface area contributed by atoms with Gasteiger partial charge in [-0.25, -0.2) is 0 Å². The van der Waals surface area contributed by atoms with Crippen molar-refractivity contribution in [3.8, 4) is 5.75 Å². The fourth-order valence-corrected chi connectivity index (χ4v) is 5.24. The Balaban J connectivity index is 1.53. The van der Waals surface area contributed by atoms with E-state index < -0.39 is 5.91 Å². The van der Waals surface area contributed by atoms with Crippen LogP contribution in [0.1, 0.15) is 5.56 Å². The van der Waals surface area contributed by atoms with Gasteiger partial charge in [-0.2, -0.15) is 0 Å². The maximum atomic E-state index is 12.5. The summed E-state index contributed by atoms with van der Waals surface area (Å²) in [6.07, 6.45) is 0. The Labute approximate surface area is 181 Å². The minimum atomic E-state index is -0.399. The van der Waals surface area contributed by atoms with Crippen LogP contribution in [0.25, 0.3) is 10.8 Å². The van der Waals surface area contributed by atoms with Crippen molar-refractivity contribution >= 4 is 57.4 Å². The number of primary amides is 1. The van der Waals surface area contributed by atoms with Crippen molar-refractivity contribution in [3.63, 3.8) is 0 Å². The van der Waals surface area contributed by atoms with Crippen molar-refractivity contribution < 1.29 is 14.3 Å². The monoisotopic (exact) mass is 448 g/mol. The number of methoxy groups -OCH3 is 1. The van der Waals surface area contributed by atoms with Crippen LogP contribution in [0.3, 0.4) is 0 Å². The zero-order valence-corrected chi connectivity index (χ0v) is 18.4. The fourth-order valence-electron chi connectivity index (χ4n) is 2.54. The number of rotatable bonds is 9. The molecule has 0 aliphatic carbocycles. The lowest BCUT2D eigenvalue weighted by Crippen LogP contribution is -2.27. The van der Waals surface area contributed by atoms with Crippen molar-refractivity contribution in [2.75, 3.05) is 25.7 Å². The van der Waals surface area contributed by atoms with Gasteiger partial charge in [-0.15, -0.1) is 10.2 Å². The van der Waals surface area contributed by atoms with Gasteiger partial charge in [0.05, 0.1) is 18.6 Å². The molecule has 0 unspecified atom stereocenters. The largest absolute Gasteiger partial charge is 0.497 e. The lowest BCUT2D eigenvalue weighted by molar-refractivity contribution is -0.127. The molecule has 1 aromatic heterocycles. The first-order valence-corrected chi connectivity index (χ1v) is 11.4. The number of carbonyl (C=O) groups is 2. The van der Waals surface area contributed by atoms with Crippen LogP contribution >= 0.6 is 34.9 Å². The number of nitrogens with two attached hydrogens (primary N) is 1. The van der Waals surface area contributed by atoms with Gasteiger partial charge in [-0.05, 0) is 34.5 Å². The molecule has 0 saturated heterocycles. The van der Waals surface area contributed by atoms with Crippen molar-refractivity contribution in [2.45, 2.75) is 15.2 Å². The second kappa shape index (κ2) is 9.95. The van der Waals surface area contributed by atoms with Gasteiger partial charge in [0.25, 0.3) is 0 Å². The number of aromatic nitrogens is 2. The summed E-state index contributed by atoms with van der Waals surface area (Å²) in [6.45, 7) is 0.525. The molecule has 0 atom stereocenters. The van der Waals surface area contributed by atoms with Gasteiger partial charge < -0.3 is 15.4 Å². The van der Waals surface area contributed by atoms with Gasteiger partial charge in [0.15, 0.2) is 8.68 Å². The predicted molar refractivity (Wildman–Crippen MR) is 118 cm³/mol. The predicted octanol–water partition coefficient (Wildman–Crippen LogP) is 3.03. The molecule has 10 heteroatoms. The number of carbonyl (C=O) groups excluding carboxylic acids is 2. The van der Waals surface area contributed by atoms with E-state index in [4.69, 9.17) is 10.5 Å². The summed E-state index contributed by atoms with van der Waals surface area (Å²) < 4.78 is 6.61. The van der Waals surface area contributed by atoms with Crippen LogP contribution < -0.4 is 10.5 Å². The quantitative estimate of drug-likeness (QED) is 0.502. The highest BCUT2D eigenvalue weighted by atomic mass is 32.2. The first-order chi connectivity index (χ1) is 13.9. The highest BCUT2D eigenvalue weighted by molar-refractivity contribution is 8.03. The van der Waals surface area contributed by atoms with E-state index in [1.165, 1.54) is 34.9 Å². The Morgan fingerprint density at radius 2 is 1.72 bits per heavy atom. The Hall–Kier alpha value is -2.30. The number of benzene rings is 2. The molecule has 2 amide bonds. The highest BCUT2D eigenvalue weighted by Gasteiger charge is 2.13. The molecule has 7 nitrogen and oxygen atoms in total. The van der Waals surface area contributed by atoms with Gasteiger partial charge in [-0.3, -0.25) is 9.59 Å². The van der Waals surface area contributed by atoms with E-state index in [1.54, 1.807) is 19.1 Å². The standard InChI is InChI=1S/C19H20N4O3S3/c1-23(9-12-3-4-14-8-15(26-2)6-5-13(14)7-12)17(25)11-28-19-22-21-18(29-19)27-10-16(20)24/h3-8H,9-11H2,1-2H3,(H2,20,24). The second-order valence-electron chi connectivity index (χ2n) is 6.17. The SMILES string of the molecule is COc1ccc2cc(CN(C)C(=O)CSc3nnc(SCC(N)=O)s3)ccc2c1. The molecule has 0 aliphatic heterocycles. The van der Waals surface area contributed by atoms with E-state index in [9.17, 15) is 9.59 Å². The summed E-state index contributed by atoms with van der Waals surface area (Å²) in [5.74, 6) is 0.869. The zero-order valence-electron chi connectivity index (χ0n) is 16.0. The van der Waals surface area contributed by atoms with Crippen LogP contribution in [0.2, 0.25) is 0 Å². The molecular formula is C19H20N4O3S3. The molecule has 0 radical (unpaired) electrons. The third kappa shape index (κ3) is 6.09. The number of thioether (sulfide) groups is 2. The zero-order chi connectivity index (χ0) is 20.8. The maximum Gasteiger partial charge on any atom is 0.233 e. The van der Waals surface area contributed by atoms with Gasteiger partial charge in [0.1, 0.15) is 5.75 Å². The van der Waals surface area contributed by atoms with Crippen LogP contribution in [0.4, 0.5) is 0 Å². The highest BCUT2D eigenvalue weighted by Crippen LogP contribution is 2.29. The van der Waals surface area contributed by atoms with E-state index in [-0.39, 0.29) is 17.4 Å². The van der Waals surface area contributed by atoms with E-state index >= 15 is 0 Å². The summed E-state index contributed by atoms with van der Waals surface area (Å²) in [7, 11) is 3.44. The Morgan fingerprint density at radius 3 is 2.41 bits per heavy atom. The summed E-state index contributed by atoms with van der Waals surface area (Å²) in [6, 6.07) is 12.1. The van der Waals surface area contributed by atoms with Crippen LogP contribution in [0.5, 0.6) is 5.75 Å². The van der Waals surface area contributed by atoms with Crippen LogP contribution in [0.15, 0.2) is 45.1 Å². The minimum absolute atomic E-state index is 0.00590. The smallest absolute Gasteiger partial charge is 0.233 e. The summed E-state index contributed by atoms with van der Waals surface area (Å²) >= 11 is 3.94. The number of hydrogen-bond donors (Lipinski definition) is 1. The molecule has 0 bridgehead atoms. The number of amides is 2.